The van der Waals surface area contributed by atoms with Crippen molar-refractivity contribution in [2.24, 2.45) is 0 Å². The summed E-state index contributed by atoms with van der Waals surface area (Å²) in [6.07, 6.45) is 36.3. The van der Waals surface area contributed by atoms with Crippen molar-refractivity contribution in [2.75, 3.05) is 13.2 Å². The first-order valence-corrected chi connectivity index (χ1v) is 48.8. The van der Waals surface area contributed by atoms with Gasteiger partial charge in [-0.1, -0.05) is 402 Å². The summed E-state index contributed by atoms with van der Waals surface area (Å²) in [4.78, 5) is 107. The highest BCUT2D eigenvalue weighted by molar-refractivity contribution is 7.46. The lowest BCUT2D eigenvalue weighted by Gasteiger charge is -2.47. The van der Waals surface area contributed by atoms with Gasteiger partial charge >= 0.3 is 31.7 Å². The van der Waals surface area contributed by atoms with Crippen molar-refractivity contribution >= 4 is 43.5 Å². The maximum Gasteiger partial charge on any atom is 0.470 e. The first kappa shape index (κ1) is 129. The highest BCUT2D eigenvalue weighted by Gasteiger charge is 2.54. The van der Waals surface area contributed by atoms with Gasteiger partial charge in [0.05, 0.1) is 63.3 Å². The maximum absolute atomic E-state index is 15.1. The zero-order valence-electron chi connectivity index (χ0n) is 73.6. The molecule has 0 aromatic heterocycles. The van der Waals surface area contributed by atoms with E-state index in [-0.39, 0.29) is 77.7 Å². The molecule has 0 bridgehead atoms. The van der Waals surface area contributed by atoms with Crippen LogP contribution in [0.4, 0.5) is 0 Å². The zero-order valence-corrected chi connectivity index (χ0v) is 74.5. The van der Waals surface area contributed by atoms with E-state index in [9.17, 15) is 58.8 Å². The molecule has 0 saturated carbocycles. The Hall–Kier alpha value is -3.35. The minimum absolute atomic E-state index is 0. The largest absolute Gasteiger partial charge is 0.470 e. The Bertz CT molecular complexity index is 2450. The third-order valence-electron chi connectivity index (χ3n) is 22.9. The SMILES string of the molecule is C.C.C.C.C.C.C.CCCCCCCCCCCCC(=O)O[C@H](CCCCCCCCCC)CC(=O)NC1[C@H](OCC2OC(C)C(NC(=O)C[C@H](O)CCCCCCCCCC)[C@@H](OC(=O)C[C@H](O)CCCCCCCCCC)[C@@H]2O)OC(CO)[C@@H](OP(=O)(O)O)[C@@H]1OC(=O)C[C@@H](CCCCCCCCCC)OC(=O)CCCCCCCCCCCC. The van der Waals surface area contributed by atoms with Crippen LogP contribution in [0.2, 0.25) is 0 Å². The Balaban J connectivity index is -0.00000481. The van der Waals surface area contributed by atoms with Gasteiger partial charge in [0.1, 0.15) is 42.7 Å². The molecule has 2 heterocycles. The third-order valence-corrected chi connectivity index (χ3v) is 23.4. The molecule has 2 aliphatic rings. The van der Waals surface area contributed by atoms with Gasteiger partial charge < -0.3 is 74.0 Å². The molecule has 2 amide bonds. The second-order valence-electron chi connectivity index (χ2n) is 33.9. The first-order valence-electron chi connectivity index (χ1n) is 47.3. The molecule has 2 saturated heterocycles. The van der Waals surface area contributed by atoms with E-state index < -0.39 is 162 Å². The fraction of sp³-hybridized carbons (Fsp3) is 0.939. The number of phosphoric acid groups is 1. The average molecular weight is 1770 g/mol. The molecule has 2 fully saturated rings. The van der Waals surface area contributed by atoms with Gasteiger partial charge in [0.25, 0.3) is 0 Å². The monoisotopic (exact) mass is 1770 g/mol. The molecule has 8 N–H and O–H groups in total. The van der Waals surface area contributed by atoms with Gasteiger partial charge in [0, 0.05) is 12.8 Å². The summed E-state index contributed by atoms with van der Waals surface area (Å²) in [5.74, 6) is -4.19. The second kappa shape index (κ2) is 85.7. The number of hydrogen-bond donors (Lipinski definition) is 8. The number of unbranched alkanes of at least 4 members (excludes halogenated alkanes) is 46. The fourth-order valence-electron chi connectivity index (χ4n) is 15.9. The molecule has 2 rings (SSSR count). The normalized spacial score (nSPS) is 19.6. The number of aliphatic hydroxyl groups is 4. The number of esters is 4. The lowest BCUT2D eigenvalue weighted by molar-refractivity contribution is -0.285. The van der Waals surface area contributed by atoms with Crippen LogP contribution in [0.15, 0.2) is 0 Å². The van der Waals surface area contributed by atoms with Crippen LogP contribution in [0.5, 0.6) is 0 Å². The Labute approximate surface area is 748 Å². The van der Waals surface area contributed by atoms with E-state index in [0.29, 0.717) is 57.8 Å². The van der Waals surface area contributed by atoms with E-state index in [4.69, 9.17) is 37.7 Å². The standard InChI is InChI=1S/C91H171N2O21P.7CH4/c1-8-14-20-26-32-38-40-46-52-58-64-81(99)109-75(62-56-50-44-36-30-24-18-12-5)68-80(98)93-86-90(113-84(102)69-76(63-57-51-45-37-31-25-19-13-6)110-82(100)65-59-53-47-41-39-33-27-21-15-9-2)88(114-115(104,105)106)77(70-94)111-91(86)107-71-78-87(103)89(112-83(101)67-74(96)61-55-49-43-35-29-23-17-11-4)85(72(7)108-78)92-79(97)66-73(95)60-54-48-42-34-28-22-16-10-3;;;;;;;/h72-78,85-91,94-96,103H,8-71H2,1-7H3,(H,92,97)(H,93,98)(H2,104,105,106);7*1H4/t72?,73-,74-,75-,76-,77?,78?,85?,86?,87-,88-,89-,90-,91-;;;;;;;/m1......./s1. The Kier molecular flexibility index (Phi) is 90.9. The number of carbonyl (C=O) groups is 6. The lowest BCUT2D eigenvalue weighted by atomic mass is 9.92. The molecular weight excluding hydrogens is 1570 g/mol. The van der Waals surface area contributed by atoms with E-state index in [1.807, 2.05) is 0 Å². The summed E-state index contributed by atoms with van der Waals surface area (Å²) in [6.45, 7) is 13.0. The highest BCUT2D eigenvalue weighted by atomic mass is 31.2. The molecule has 24 heteroatoms. The smallest absolute Gasteiger partial charge is 0.462 e. The van der Waals surface area contributed by atoms with Gasteiger partial charge in [0.2, 0.25) is 11.8 Å². The molecule has 23 nitrogen and oxygen atoms in total. The lowest BCUT2D eigenvalue weighted by Crippen LogP contribution is -2.67. The summed E-state index contributed by atoms with van der Waals surface area (Å²) in [5.41, 5.74) is 0. The van der Waals surface area contributed by atoms with Crippen molar-refractivity contribution in [3.63, 3.8) is 0 Å². The van der Waals surface area contributed by atoms with Crippen LogP contribution in [0.1, 0.15) is 499 Å². The van der Waals surface area contributed by atoms with Crippen LogP contribution in [0, 0.1) is 0 Å². The van der Waals surface area contributed by atoms with Crippen LogP contribution in [-0.4, -0.2) is 165 Å². The van der Waals surface area contributed by atoms with Crippen molar-refractivity contribution in [3.05, 3.63) is 0 Å². The van der Waals surface area contributed by atoms with E-state index in [0.717, 1.165) is 205 Å². The van der Waals surface area contributed by atoms with Crippen LogP contribution in [0.25, 0.3) is 0 Å². The molecule has 0 radical (unpaired) electrons. The van der Waals surface area contributed by atoms with Gasteiger partial charge in [-0.3, -0.25) is 33.3 Å². The average Bonchev–Trinajstić information content (AvgIpc) is 1.68. The van der Waals surface area contributed by atoms with Crippen molar-refractivity contribution in [2.45, 2.75) is 584 Å². The highest BCUT2D eigenvalue weighted by Crippen LogP contribution is 2.43. The third kappa shape index (κ3) is 67.0. The van der Waals surface area contributed by atoms with E-state index in [1.54, 1.807) is 6.92 Å². The van der Waals surface area contributed by atoms with Gasteiger partial charge in [-0.05, 0) is 58.3 Å². The van der Waals surface area contributed by atoms with Gasteiger partial charge in [-0.15, -0.1) is 0 Å². The molecule has 732 valence electrons. The molecule has 0 aromatic carbocycles. The minimum Gasteiger partial charge on any atom is -0.462 e. The van der Waals surface area contributed by atoms with Crippen molar-refractivity contribution < 1.29 is 101 Å². The summed E-state index contributed by atoms with van der Waals surface area (Å²) in [5, 5.41) is 51.6. The number of nitrogens with one attached hydrogen (secondary N) is 2. The molecule has 0 aliphatic carbocycles. The van der Waals surface area contributed by atoms with Gasteiger partial charge in [-0.25, -0.2) is 4.57 Å². The Morgan fingerprint density at radius 1 is 0.361 bits per heavy atom. The van der Waals surface area contributed by atoms with Crippen molar-refractivity contribution in [1.82, 2.24) is 10.6 Å². The molecule has 0 aromatic rings. The van der Waals surface area contributed by atoms with E-state index >= 15 is 4.79 Å². The first-order chi connectivity index (χ1) is 55.6. The number of rotatable bonds is 78. The van der Waals surface area contributed by atoms with Gasteiger partial charge in [-0.2, -0.15) is 0 Å². The Morgan fingerprint density at radius 2 is 0.664 bits per heavy atom. The maximum atomic E-state index is 15.1. The van der Waals surface area contributed by atoms with Crippen LogP contribution in [-0.2, 0) is 71.0 Å². The Morgan fingerprint density at radius 3 is 1.02 bits per heavy atom. The van der Waals surface area contributed by atoms with Gasteiger partial charge in [0.15, 0.2) is 18.5 Å². The number of ether oxygens (including phenoxy) is 7. The number of aliphatic hydroxyl groups excluding tert-OH is 4. The molecule has 122 heavy (non-hydrogen) atoms. The number of amides is 2. The summed E-state index contributed by atoms with van der Waals surface area (Å²) in [7, 11) is -5.59. The predicted molar refractivity (Wildman–Crippen MR) is 502 cm³/mol. The van der Waals surface area contributed by atoms with E-state index in [2.05, 4.69) is 52.2 Å². The molecule has 2 aliphatic heterocycles. The molecular formula is C98H199N2O21P. The quantitative estimate of drug-likeness (QED) is 0.0121. The van der Waals surface area contributed by atoms with Crippen LogP contribution >= 0.6 is 7.82 Å². The summed E-state index contributed by atoms with van der Waals surface area (Å²) < 4.78 is 62.5. The molecule has 5 unspecified atom stereocenters. The number of carbonyl (C=O) groups excluding carboxylic acids is 6. The minimum atomic E-state index is -5.59. The summed E-state index contributed by atoms with van der Waals surface area (Å²) in [6, 6.07) is -2.96. The number of hydrogen-bond acceptors (Lipinski definition) is 19. The predicted octanol–water partition coefficient (Wildman–Crippen LogP) is 24.4. The van der Waals surface area contributed by atoms with Crippen LogP contribution in [0.3, 0.4) is 0 Å². The fourth-order valence-corrected chi connectivity index (χ4v) is 16.5. The summed E-state index contributed by atoms with van der Waals surface area (Å²) >= 11 is 0. The van der Waals surface area contributed by atoms with Crippen molar-refractivity contribution in [1.29, 1.82) is 0 Å². The zero-order chi connectivity index (χ0) is 84.4. The number of phosphoric ester groups is 1. The topological polar surface area (TPSA) is 339 Å². The van der Waals surface area contributed by atoms with Crippen molar-refractivity contribution in [3.8, 4) is 0 Å². The molecule has 0 spiro atoms. The second-order valence-corrected chi connectivity index (χ2v) is 35.0. The van der Waals surface area contributed by atoms with E-state index in [1.165, 1.54) is 89.9 Å². The van der Waals surface area contributed by atoms with Crippen LogP contribution < -0.4 is 10.6 Å². The molecule has 14 atom stereocenters.